The zero-order chi connectivity index (χ0) is 14.2. The monoisotopic (exact) mass is 290 g/mol. The molecule has 0 amide bonds. The normalized spacial score (nSPS) is 12.5. The molecule has 100 valence electrons. The van der Waals surface area contributed by atoms with Gasteiger partial charge in [-0.05, 0) is 29.8 Å². The second kappa shape index (κ2) is 5.19. The third-order valence-electron chi connectivity index (χ3n) is 2.56. The first-order valence-corrected chi connectivity index (χ1v) is 5.55. The summed E-state index contributed by atoms with van der Waals surface area (Å²) in [6.45, 7) is 0. The highest BCUT2D eigenvalue weighted by Gasteiger charge is 2.21. The predicted octanol–water partition coefficient (Wildman–Crippen LogP) is 3.98. The summed E-state index contributed by atoms with van der Waals surface area (Å²) in [4.78, 5) is 0. The second-order valence-corrected chi connectivity index (χ2v) is 4.31. The SMILES string of the molecule is OC(c1cc(F)cc(Cl)c1)c1ccc(F)c(F)c1F. The maximum atomic E-state index is 13.5. The van der Waals surface area contributed by atoms with Gasteiger partial charge < -0.3 is 5.11 Å². The van der Waals surface area contributed by atoms with Gasteiger partial charge in [-0.2, -0.15) is 0 Å². The van der Waals surface area contributed by atoms with Gasteiger partial charge in [0.2, 0.25) is 0 Å². The van der Waals surface area contributed by atoms with E-state index in [1.165, 1.54) is 6.07 Å². The molecule has 0 fully saturated rings. The van der Waals surface area contributed by atoms with Crippen molar-refractivity contribution in [2.75, 3.05) is 0 Å². The van der Waals surface area contributed by atoms with Crippen LogP contribution >= 0.6 is 11.6 Å². The third kappa shape index (κ3) is 2.72. The van der Waals surface area contributed by atoms with E-state index in [0.717, 1.165) is 18.2 Å². The smallest absolute Gasteiger partial charge is 0.194 e. The highest BCUT2D eigenvalue weighted by atomic mass is 35.5. The molecular formula is C13H7ClF4O. The number of rotatable bonds is 2. The van der Waals surface area contributed by atoms with E-state index in [0.29, 0.717) is 6.07 Å². The first-order valence-electron chi connectivity index (χ1n) is 5.17. The summed E-state index contributed by atoms with van der Waals surface area (Å²) in [6, 6.07) is 4.70. The van der Waals surface area contributed by atoms with Crippen LogP contribution in [0, 0.1) is 23.3 Å². The van der Waals surface area contributed by atoms with Crippen molar-refractivity contribution in [2.45, 2.75) is 6.10 Å². The van der Waals surface area contributed by atoms with Crippen molar-refractivity contribution in [2.24, 2.45) is 0 Å². The molecule has 2 rings (SSSR count). The molecule has 1 N–H and O–H groups in total. The van der Waals surface area contributed by atoms with Crippen LogP contribution in [0.5, 0.6) is 0 Å². The molecule has 0 aromatic heterocycles. The standard InChI is InChI=1S/C13H7ClF4O/c14-7-3-6(4-8(15)5-7)13(19)9-1-2-10(16)12(18)11(9)17/h1-5,13,19H. The molecule has 0 saturated heterocycles. The highest BCUT2D eigenvalue weighted by Crippen LogP contribution is 2.28. The van der Waals surface area contributed by atoms with Gasteiger partial charge in [0.1, 0.15) is 11.9 Å². The molecular weight excluding hydrogens is 284 g/mol. The Hall–Kier alpha value is -1.59. The van der Waals surface area contributed by atoms with Gasteiger partial charge in [-0.3, -0.25) is 0 Å². The summed E-state index contributed by atoms with van der Waals surface area (Å²) < 4.78 is 52.5. The molecule has 0 spiro atoms. The Morgan fingerprint density at radius 1 is 0.947 bits per heavy atom. The van der Waals surface area contributed by atoms with Crippen molar-refractivity contribution in [3.63, 3.8) is 0 Å². The predicted molar refractivity (Wildman–Crippen MR) is 61.8 cm³/mol. The number of halogens is 5. The molecule has 19 heavy (non-hydrogen) atoms. The van der Waals surface area contributed by atoms with Crippen molar-refractivity contribution in [1.29, 1.82) is 0 Å². The van der Waals surface area contributed by atoms with Crippen LogP contribution < -0.4 is 0 Å². The van der Waals surface area contributed by atoms with Crippen LogP contribution in [-0.2, 0) is 0 Å². The Labute approximate surface area is 111 Å². The maximum Gasteiger partial charge on any atom is 0.194 e. The van der Waals surface area contributed by atoms with E-state index >= 15 is 0 Å². The lowest BCUT2D eigenvalue weighted by Gasteiger charge is -2.13. The lowest BCUT2D eigenvalue weighted by Crippen LogP contribution is -2.06. The van der Waals surface area contributed by atoms with Crippen LogP contribution in [0.2, 0.25) is 5.02 Å². The van der Waals surface area contributed by atoms with E-state index in [1.54, 1.807) is 0 Å². The molecule has 6 heteroatoms. The molecule has 2 aromatic carbocycles. The van der Waals surface area contributed by atoms with Gasteiger partial charge in [-0.1, -0.05) is 17.7 Å². The molecule has 0 aliphatic carbocycles. The van der Waals surface area contributed by atoms with Gasteiger partial charge in [0.15, 0.2) is 17.5 Å². The van der Waals surface area contributed by atoms with E-state index in [2.05, 4.69) is 0 Å². The van der Waals surface area contributed by atoms with Gasteiger partial charge in [-0.25, -0.2) is 17.6 Å². The van der Waals surface area contributed by atoms with Gasteiger partial charge in [0.25, 0.3) is 0 Å². The van der Waals surface area contributed by atoms with Crippen LogP contribution in [-0.4, -0.2) is 5.11 Å². The molecule has 0 heterocycles. The minimum absolute atomic E-state index is 0.00274. The fourth-order valence-electron chi connectivity index (χ4n) is 1.66. The van der Waals surface area contributed by atoms with Crippen LogP contribution in [0.3, 0.4) is 0 Å². The van der Waals surface area contributed by atoms with Crippen molar-refractivity contribution < 1.29 is 22.7 Å². The average Bonchev–Trinajstić information content (AvgIpc) is 2.34. The van der Waals surface area contributed by atoms with Gasteiger partial charge in [0, 0.05) is 10.6 Å². The molecule has 0 saturated carbocycles. The number of hydrogen-bond acceptors (Lipinski definition) is 1. The molecule has 2 aromatic rings. The molecule has 0 radical (unpaired) electrons. The Balaban J connectivity index is 2.50. The largest absolute Gasteiger partial charge is 0.384 e. The van der Waals surface area contributed by atoms with E-state index in [4.69, 9.17) is 11.6 Å². The van der Waals surface area contributed by atoms with E-state index in [9.17, 15) is 22.7 Å². The quantitative estimate of drug-likeness (QED) is 0.655. The summed E-state index contributed by atoms with van der Waals surface area (Å²) in [5, 5.41) is 9.88. The number of aliphatic hydroxyl groups is 1. The van der Waals surface area contributed by atoms with Crippen molar-refractivity contribution >= 4 is 11.6 Å². The van der Waals surface area contributed by atoms with Crippen molar-refractivity contribution in [3.8, 4) is 0 Å². The lowest BCUT2D eigenvalue weighted by molar-refractivity contribution is 0.212. The summed E-state index contributed by atoms with van der Waals surface area (Å²) in [5.74, 6) is -5.32. The Morgan fingerprint density at radius 3 is 2.26 bits per heavy atom. The molecule has 1 atom stereocenters. The van der Waals surface area contributed by atoms with Gasteiger partial charge in [-0.15, -0.1) is 0 Å². The minimum atomic E-state index is -1.70. The zero-order valence-electron chi connectivity index (χ0n) is 9.30. The minimum Gasteiger partial charge on any atom is -0.384 e. The maximum absolute atomic E-state index is 13.5. The highest BCUT2D eigenvalue weighted by molar-refractivity contribution is 6.30. The summed E-state index contributed by atoms with van der Waals surface area (Å²) in [5.41, 5.74) is -0.560. The van der Waals surface area contributed by atoms with Crippen LogP contribution in [0.15, 0.2) is 30.3 Å². The fourth-order valence-corrected chi connectivity index (χ4v) is 1.89. The number of aliphatic hydroxyl groups excluding tert-OH is 1. The first-order chi connectivity index (χ1) is 8.90. The second-order valence-electron chi connectivity index (χ2n) is 3.87. The molecule has 0 bridgehead atoms. The van der Waals surface area contributed by atoms with E-state index in [1.807, 2.05) is 0 Å². The summed E-state index contributed by atoms with van der Waals surface area (Å²) in [6.07, 6.45) is -1.65. The Morgan fingerprint density at radius 2 is 1.63 bits per heavy atom. The van der Waals surface area contributed by atoms with Crippen LogP contribution in [0.4, 0.5) is 17.6 Å². The number of hydrogen-bond donors (Lipinski definition) is 1. The van der Waals surface area contributed by atoms with Crippen LogP contribution in [0.25, 0.3) is 0 Å². The molecule has 1 unspecified atom stereocenters. The van der Waals surface area contributed by atoms with Crippen molar-refractivity contribution in [1.82, 2.24) is 0 Å². The van der Waals surface area contributed by atoms with Crippen molar-refractivity contribution in [3.05, 3.63) is 69.8 Å². The Kier molecular flexibility index (Phi) is 3.78. The van der Waals surface area contributed by atoms with Gasteiger partial charge >= 0.3 is 0 Å². The Bertz CT molecular complexity index is 610. The number of benzene rings is 2. The molecule has 0 aliphatic rings. The zero-order valence-corrected chi connectivity index (χ0v) is 10.1. The molecule has 1 nitrogen and oxygen atoms in total. The van der Waals surface area contributed by atoms with Crippen LogP contribution in [0.1, 0.15) is 17.2 Å². The lowest BCUT2D eigenvalue weighted by atomic mass is 10.0. The fraction of sp³-hybridized carbons (Fsp3) is 0.0769. The topological polar surface area (TPSA) is 20.2 Å². The van der Waals surface area contributed by atoms with E-state index in [-0.39, 0.29) is 10.6 Å². The summed E-state index contributed by atoms with van der Waals surface area (Å²) in [7, 11) is 0. The van der Waals surface area contributed by atoms with Gasteiger partial charge in [0.05, 0.1) is 0 Å². The average molecular weight is 291 g/mol. The first kappa shape index (κ1) is 13.8. The van der Waals surface area contributed by atoms with E-state index < -0.39 is 34.9 Å². The third-order valence-corrected chi connectivity index (χ3v) is 2.78. The molecule has 0 aliphatic heterocycles. The summed E-state index contributed by atoms with van der Waals surface area (Å²) >= 11 is 5.60.